The van der Waals surface area contributed by atoms with Gasteiger partial charge in [0.1, 0.15) is 0 Å². The lowest BCUT2D eigenvalue weighted by atomic mass is 9.94. The van der Waals surface area contributed by atoms with E-state index in [-0.39, 0.29) is 17.6 Å². The van der Waals surface area contributed by atoms with Gasteiger partial charge in [0.25, 0.3) is 5.91 Å². The summed E-state index contributed by atoms with van der Waals surface area (Å²) < 4.78 is 1.80. The maximum Gasteiger partial charge on any atom is 0.252 e. The van der Waals surface area contributed by atoms with Crippen molar-refractivity contribution in [1.82, 2.24) is 25.0 Å². The van der Waals surface area contributed by atoms with Gasteiger partial charge >= 0.3 is 0 Å². The monoisotopic (exact) mass is 465 g/mol. The number of nitrogens with one attached hydrogen (secondary N) is 1. The lowest BCUT2D eigenvalue weighted by Crippen LogP contribution is -2.37. The minimum Gasteiger partial charge on any atom is -0.348 e. The number of rotatable bonds is 7. The molecule has 9 heteroatoms. The zero-order chi connectivity index (χ0) is 23.5. The Kier molecular flexibility index (Phi) is 6.69. The molecule has 0 saturated heterocycles. The lowest BCUT2D eigenvalue weighted by Gasteiger charge is -2.30. The predicted molar refractivity (Wildman–Crippen MR) is 125 cm³/mol. The van der Waals surface area contributed by atoms with Gasteiger partial charge in [0, 0.05) is 56.1 Å². The molecule has 0 bridgehead atoms. The maximum absolute atomic E-state index is 12.7. The quantitative estimate of drug-likeness (QED) is 0.541. The van der Waals surface area contributed by atoms with Crippen molar-refractivity contribution in [2.45, 2.75) is 53.2 Å². The van der Waals surface area contributed by atoms with Gasteiger partial charge in [0.05, 0.1) is 16.1 Å². The van der Waals surface area contributed by atoms with Crippen LogP contribution in [0.5, 0.6) is 0 Å². The Labute approximate surface area is 196 Å². The van der Waals surface area contributed by atoms with Crippen molar-refractivity contribution >= 4 is 28.9 Å². The molecule has 3 aromatic rings. The second-order valence-electron chi connectivity index (χ2n) is 8.30. The summed E-state index contributed by atoms with van der Waals surface area (Å²) in [6, 6.07) is 3.55. The van der Waals surface area contributed by atoms with Crippen molar-refractivity contribution in [2.75, 3.05) is 6.54 Å². The minimum absolute atomic E-state index is 0.0462. The first-order chi connectivity index (χ1) is 15.8. The molecule has 3 aromatic heterocycles. The summed E-state index contributed by atoms with van der Waals surface area (Å²) in [4.78, 5) is 43.8. The van der Waals surface area contributed by atoms with Crippen molar-refractivity contribution in [3.05, 3.63) is 68.4 Å². The van der Waals surface area contributed by atoms with Crippen LogP contribution < -0.4 is 5.32 Å². The highest BCUT2D eigenvalue weighted by Crippen LogP contribution is 2.25. The first-order valence-corrected chi connectivity index (χ1v) is 11.8. The first kappa shape index (κ1) is 22.8. The van der Waals surface area contributed by atoms with E-state index < -0.39 is 0 Å². The number of hydrogen-bond acceptors (Lipinski definition) is 6. The summed E-state index contributed by atoms with van der Waals surface area (Å²) in [6.45, 7) is 7.44. The normalized spacial score (nSPS) is 13.0. The molecule has 0 aromatic carbocycles. The Morgan fingerprint density at radius 1 is 1.24 bits per heavy atom. The van der Waals surface area contributed by atoms with Crippen molar-refractivity contribution in [2.24, 2.45) is 0 Å². The van der Waals surface area contributed by atoms with Gasteiger partial charge in [-0.3, -0.25) is 24.0 Å². The fourth-order valence-corrected chi connectivity index (χ4v) is 4.83. The van der Waals surface area contributed by atoms with Crippen molar-refractivity contribution in [1.29, 1.82) is 0 Å². The Morgan fingerprint density at radius 3 is 2.76 bits per heavy atom. The molecule has 33 heavy (non-hydrogen) atoms. The lowest BCUT2D eigenvalue weighted by molar-refractivity contribution is -0.132. The van der Waals surface area contributed by atoms with E-state index in [2.05, 4.69) is 15.4 Å². The SMILES string of the molecule is CC(=O)c1cc(C(=O)NCc2c(C)ncc3c2CCN(C(=O)CCn2ccc(C)n2)C3)cs1. The number of nitrogens with zero attached hydrogens (tertiary/aromatic N) is 4. The van der Waals surface area contributed by atoms with Gasteiger partial charge in [0.15, 0.2) is 5.78 Å². The third kappa shape index (κ3) is 5.19. The van der Waals surface area contributed by atoms with Gasteiger partial charge in [-0.1, -0.05) is 0 Å². The molecule has 0 radical (unpaired) electrons. The van der Waals surface area contributed by atoms with E-state index in [1.54, 1.807) is 16.1 Å². The largest absolute Gasteiger partial charge is 0.348 e. The molecular formula is C24H27N5O3S. The van der Waals surface area contributed by atoms with Crippen LogP contribution in [0.2, 0.25) is 0 Å². The molecular weight excluding hydrogens is 438 g/mol. The summed E-state index contributed by atoms with van der Waals surface area (Å²) in [5.41, 5.74) is 5.48. The van der Waals surface area contributed by atoms with E-state index in [9.17, 15) is 14.4 Å². The number of aromatic nitrogens is 3. The molecule has 1 aliphatic heterocycles. The molecule has 4 heterocycles. The highest BCUT2D eigenvalue weighted by atomic mass is 32.1. The molecule has 1 N–H and O–H groups in total. The molecule has 0 atom stereocenters. The molecule has 1 aliphatic rings. The molecule has 0 unspecified atom stereocenters. The molecule has 0 aliphatic carbocycles. The minimum atomic E-state index is -0.211. The first-order valence-electron chi connectivity index (χ1n) is 10.9. The van der Waals surface area contributed by atoms with Crippen LogP contribution in [0, 0.1) is 13.8 Å². The van der Waals surface area contributed by atoms with Crippen LogP contribution in [-0.2, 0) is 30.8 Å². The highest BCUT2D eigenvalue weighted by Gasteiger charge is 2.24. The number of amides is 2. The summed E-state index contributed by atoms with van der Waals surface area (Å²) >= 11 is 1.27. The number of hydrogen-bond donors (Lipinski definition) is 1. The van der Waals surface area contributed by atoms with Crippen LogP contribution in [-0.4, -0.2) is 43.8 Å². The molecule has 2 amide bonds. The Balaban J connectivity index is 1.40. The van der Waals surface area contributed by atoms with E-state index in [1.165, 1.54) is 18.3 Å². The third-order valence-corrected chi connectivity index (χ3v) is 6.94. The van der Waals surface area contributed by atoms with Crippen molar-refractivity contribution in [3.63, 3.8) is 0 Å². The summed E-state index contributed by atoms with van der Waals surface area (Å²) in [7, 11) is 0. The fourth-order valence-electron chi connectivity index (χ4n) is 4.04. The zero-order valence-corrected chi connectivity index (χ0v) is 19.9. The number of thiophene rings is 1. The summed E-state index contributed by atoms with van der Waals surface area (Å²) in [6.07, 6.45) is 4.85. The molecule has 0 saturated carbocycles. The van der Waals surface area contributed by atoms with Gasteiger partial charge in [-0.05, 0) is 56.0 Å². The molecule has 0 fully saturated rings. The maximum atomic E-state index is 12.7. The van der Waals surface area contributed by atoms with E-state index >= 15 is 0 Å². The molecule has 172 valence electrons. The van der Waals surface area contributed by atoms with Gasteiger partial charge < -0.3 is 10.2 Å². The van der Waals surface area contributed by atoms with Crippen molar-refractivity contribution in [3.8, 4) is 0 Å². The number of carbonyl (C=O) groups is 3. The number of ketones is 1. The Bertz CT molecular complexity index is 1210. The Morgan fingerprint density at radius 2 is 2.06 bits per heavy atom. The van der Waals surface area contributed by atoms with Crippen LogP contribution in [0.1, 0.15) is 61.5 Å². The third-order valence-electron chi connectivity index (χ3n) is 5.91. The second kappa shape index (κ2) is 9.66. The number of Topliss-reactive ketones (excluding diaryl/α,β-unsaturated/α-hetero) is 1. The van der Waals surface area contributed by atoms with Crippen molar-refractivity contribution < 1.29 is 14.4 Å². The van der Waals surface area contributed by atoms with E-state index in [0.717, 1.165) is 34.5 Å². The summed E-state index contributed by atoms with van der Waals surface area (Å²) in [5.74, 6) is -0.157. The highest BCUT2D eigenvalue weighted by molar-refractivity contribution is 7.12. The van der Waals surface area contributed by atoms with E-state index in [0.29, 0.717) is 43.0 Å². The predicted octanol–water partition coefficient (Wildman–Crippen LogP) is 3.06. The van der Waals surface area contributed by atoms with Gasteiger partial charge in [-0.25, -0.2) is 0 Å². The zero-order valence-electron chi connectivity index (χ0n) is 19.1. The van der Waals surface area contributed by atoms with Gasteiger partial charge in [-0.15, -0.1) is 11.3 Å². The number of aryl methyl sites for hydroxylation is 3. The van der Waals surface area contributed by atoms with Gasteiger partial charge in [0.2, 0.25) is 5.91 Å². The van der Waals surface area contributed by atoms with Crippen LogP contribution in [0.15, 0.2) is 29.9 Å². The average Bonchev–Trinajstić information content (AvgIpc) is 3.46. The Hall–Kier alpha value is -3.33. The molecule has 0 spiro atoms. The number of pyridine rings is 1. The number of carbonyl (C=O) groups excluding carboxylic acids is 3. The van der Waals surface area contributed by atoms with Crippen LogP contribution >= 0.6 is 11.3 Å². The second-order valence-corrected chi connectivity index (χ2v) is 9.21. The summed E-state index contributed by atoms with van der Waals surface area (Å²) in [5, 5.41) is 9.00. The number of fused-ring (bicyclic) bond motifs is 1. The average molecular weight is 466 g/mol. The fraction of sp³-hybridized carbons (Fsp3) is 0.375. The molecule has 8 nitrogen and oxygen atoms in total. The van der Waals surface area contributed by atoms with Crippen LogP contribution in [0.4, 0.5) is 0 Å². The van der Waals surface area contributed by atoms with Crippen LogP contribution in [0.3, 0.4) is 0 Å². The van der Waals surface area contributed by atoms with E-state index in [1.807, 2.05) is 37.2 Å². The van der Waals surface area contributed by atoms with Gasteiger partial charge in [-0.2, -0.15) is 5.10 Å². The molecule has 4 rings (SSSR count). The standard InChI is InChI=1S/C24H27N5O3S/c1-15-4-8-29(27-15)9-6-23(31)28-7-5-20-19(13-28)11-25-16(2)21(20)12-26-24(32)18-10-22(17(3)30)33-14-18/h4,8,10-11,14H,5-7,9,12-13H2,1-3H3,(H,26,32). The topological polar surface area (TPSA) is 97.2 Å². The smallest absolute Gasteiger partial charge is 0.252 e. The van der Waals surface area contributed by atoms with Crippen LogP contribution in [0.25, 0.3) is 0 Å². The van der Waals surface area contributed by atoms with E-state index in [4.69, 9.17) is 0 Å².